The lowest BCUT2D eigenvalue weighted by Crippen LogP contribution is -2.44. The maximum absolute atomic E-state index is 10.8. The van der Waals surface area contributed by atoms with E-state index in [2.05, 4.69) is 6.92 Å². The molecule has 0 spiro atoms. The molecule has 1 saturated heterocycles. The van der Waals surface area contributed by atoms with Gasteiger partial charge in [-0.2, -0.15) is 4.31 Å². The minimum absolute atomic E-state index is 0.0785. The highest BCUT2D eigenvalue weighted by Gasteiger charge is 2.23. The molecule has 1 heterocycles. The molecule has 1 aliphatic rings. The van der Waals surface area contributed by atoms with Crippen LogP contribution >= 0.6 is 0 Å². The number of morpholine rings is 1. The van der Waals surface area contributed by atoms with Gasteiger partial charge in [-0.15, -0.1) is 0 Å². The summed E-state index contributed by atoms with van der Waals surface area (Å²) in [6, 6.07) is 0.0785. The molecule has 1 atom stereocenters. The van der Waals surface area contributed by atoms with Crippen LogP contribution in [-0.2, 0) is 15.6 Å². The van der Waals surface area contributed by atoms with Crippen LogP contribution in [0.3, 0.4) is 0 Å². The first kappa shape index (κ1) is 10.9. The highest BCUT2D eigenvalue weighted by Crippen LogP contribution is 2.13. The topological polar surface area (TPSA) is 46.6 Å². The number of rotatable bonds is 4. The minimum Gasteiger partial charge on any atom is -0.378 e. The Hall–Kier alpha value is -0.130. The number of ether oxygens (including phenoxy) is 1. The SMILES string of the molecule is CCCCC1COCCN1[SH](=O)=O. The normalized spacial score (nSPS) is 25.2. The Kier molecular flexibility index (Phi) is 4.69. The summed E-state index contributed by atoms with van der Waals surface area (Å²) in [5.41, 5.74) is 0. The number of thiol groups is 1. The molecule has 0 aromatic carbocycles. The third kappa shape index (κ3) is 3.25. The fraction of sp³-hybridized carbons (Fsp3) is 1.00. The van der Waals surface area contributed by atoms with E-state index in [-0.39, 0.29) is 6.04 Å². The lowest BCUT2D eigenvalue weighted by atomic mass is 10.1. The highest BCUT2D eigenvalue weighted by molar-refractivity contribution is 7.69. The van der Waals surface area contributed by atoms with Crippen LogP contribution in [0.5, 0.6) is 0 Å². The van der Waals surface area contributed by atoms with E-state index in [1.807, 2.05) is 0 Å². The predicted molar refractivity (Wildman–Crippen MR) is 51.2 cm³/mol. The van der Waals surface area contributed by atoms with Crippen LogP contribution in [0.2, 0.25) is 0 Å². The first-order chi connectivity index (χ1) is 6.25. The Morgan fingerprint density at radius 1 is 1.54 bits per heavy atom. The summed E-state index contributed by atoms with van der Waals surface area (Å²) in [6.45, 7) is 3.72. The van der Waals surface area contributed by atoms with E-state index >= 15 is 0 Å². The van der Waals surface area contributed by atoms with Crippen molar-refractivity contribution in [1.29, 1.82) is 0 Å². The van der Waals surface area contributed by atoms with Crippen LogP contribution < -0.4 is 0 Å². The van der Waals surface area contributed by atoms with Crippen molar-refractivity contribution in [3.05, 3.63) is 0 Å². The largest absolute Gasteiger partial charge is 0.378 e. The van der Waals surface area contributed by atoms with Crippen molar-refractivity contribution < 1.29 is 13.2 Å². The lowest BCUT2D eigenvalue weighted by Gasteiger charge is -2.30. The Balaban J connectivity index is 2.46. The number of unbranched alkanes of at least 4 members (excludes halogenated alkanes) is 1. The zero-order chi connectivity index (χ0) is 9.68. The molecular weight excluding hydrogens is 190 g/mol. The Morgan fingerprint density at radius 3 is 2.92 bits per heavy atom. The molecule has 1 unspecified atom stereocenters. The Labute approximate surface area is 81.0 Å². The summed E-state index contributed by atoms with van der Waals surface area (Å²) in [4.78, 5) is 0. The average molecular weight is 207 g/mol. The van der Waals surface area contributed by atoms with E-state index in [1.165, 1.54) is 4.31 Å². The Bertz CT molecular complexity index is 209. The summed E-state index contributed by atoms with van der Waals surface area (Å²) in [7, 11) is -2.42. The quantitative estimate of drug-likeness (QED) is 0.679. The molecule has 1 fully saturated rings. The summed E-state index contributed by atoms with van der Waals surface area (Å²) >= 11 is 0. The first-order valence-corrected chi connectivity index (χ1v) is 5.87. The first-order valence-electron chi connectivity index (χ1n) is 4.74. The molecule has 0 aromatic heterocycles. The van der Waals surface area contributed by atoms with E-state index in [4.69, 9.17) is 4.74 Å². The van der Waals surface area contributed by atoms with Crippen molar-refractivity contribution in [3.63, 3.8) is 0 Å². The van der Waals surface area contributed by atoms with Crippen molar-refractivity contribution in [2.75, 3.05) is 19.8 Å². The van der Waals surface area contributed by atoms with E-state index in [0.717, 1.165) is 19.3 Å². The second-order valence-corrected chi connectivity index (χ2v) is 4.26. The lowest BCUT2D eigenvalue weighted by molar-refractivity contribution is 0.0306. The molecule has 0 saturated carbocycles. The molecule has 0 aromatic rings. The Morgan fingerprint density at radius 2 is 2.31 bits per heavy atom. The van der Waals surface area contributed by atoms with Gasteiger partial charge in [-0.3, -0.25) is 0 Å². The zero-order valence-electron chi connectivity index (χ0n) is 7.94. The molecule has 5 heteroatoms. The van der Waals surface area contributed by atoms with Gasteiger partial charge in [0.2, 0.25) is 10.9 Å². The third-order valence-corrected chi connectivity index (χ3v) is 3.24. The van der Waals surface area contributed by atoms with Gasteiger partial charge in [0, 0.05) is 12.6 Å². The predicted octanol–water partition coefficient (Wildman–Crippen LogP) is 0.404. The zero-order valence-corrected chi connectivity index (χ0v) is 8.83. The molecular formula is C8H17NO3S. The fourth-order valence-corrected chi connectivity index (χ4v) is 2.23. The third-order valence-electron chi connectivity index (χ3n) is 2.30. The van der Waals surface area contributed by atoms with E-state index in [0.29, 0.717) is 19.8 Å². The second kappa shape index (κ2) is 5.57. The van der Waals surface area contributed by atoms with Crippen molar-refractivity contribution in [2.24, 2.45) is 0 Å². The summed E-state index contributed by atoms with van der Waals surface area (Å²) < 4.78 is 28.5. The smallest absolute Gasteiger partial charge is 0.204 e. The van der Waals surface area contributed by atoms with Gasteiger partial charge < -0.3 is 4.74 Å². The van der Waals surface area contributed by atoms with Gasteiger partial charge in [0.1, 0.15) is 0 Å². The molecule has 78 valence electrons. The van der Waals surface area contributed by atoms with Crippen LogP contribution in [-0.4, -0.2) is 38.5 Å². The average Bonchev–Trinajstić information content (AvgIpc) is 2.15. The summed E-state index contributed by atoms with van der Waals surface area (Å²) in [5, 5.41) is 0. The van der Waals surface area contributed by atoms with Crippen molar-refractivity contribution in [3.8, 4) is 0 Å². The van der Waals surface area contributed by atoms with E-state index in [1.54, 1.807) is 0 Å². The number of nitrogens with zero attached hydrogens (tertiary/aromatic N) is 1. The number of hydrogen-bond acceptors (Lipinski definition) is 3. The van der Waals surface area contributed by atoms with Gasteiger partial charge in [0.25, 0.3) is 0 Å². The highest BCUT2D eigenvalue weighted by atomic mass is 32.2. The van der Waals surface area contributed by atoms with E-state index in [9.17, 15) is 8.42 Å². The van der Waals surface area contributed by atoms with Crippen LogP contribution in [0.4, 0.5) is 0 Å². The molecule has 0 aliphatic carbocycles. The molecule has 4 nitrogen and oxygen atoms in total. The molecule has 0 amide bonds. The van der Waals surface area contributed by atoms with Crippen LogP contribution in [0, 0.1) is 0 Å². The van der Waals surface area contributed by atoms with Gasteiger partial charge >= 0.3 is 0 Å². The maximum Gasteiger partial charge on any atom is 0.204 e. The van der Waals surface area contributed by atoms with Crippen molar-refractivity contribution in [1.82, 2.24) is 4.31 Å². The molecule has 0 N–H and O–H groups in total. The summed E-state index contributed by atoms with van der Waals surface area (Å²) in [5.74, 6) is 0. The molecule has 0 radical (unpaired) electrons. The second-order valence-electron chi connectivity index (χ2n) is 3.27. The standard InChI is InChI=1S/C8H17NO3S/c1-2-3-4-8-7-12-6-5-9(8)13(10)11/h8,13H,2-7H2,1H3. The molecule has 1 aliphatic heterocycles. The van der Waals surface area contributed by atoms with Gasteiger partial charge in [0.15, 0.2) is 0 Å². The monoisotopic (exact) mass is 207 g/mol. The minimum atomic E-state index is -2.42. The van der Waals surface area contributed by atoms with Gasteiger partial charge in [0.05, 0.1) is 13.2 Å². The van der Waals surface area contributed by atoms with Gasteiger partial charge in [-0.1, -0.05) is 19.8 Å². The molecule has 0 bridgehead atoms. The van der Waals surface area contributed by atoms with Gasteiger partial charge in [-0.05, 0) is 6.42 Å². The van der Waals surface area contributed by atoms with Crippen LogP contribution in [0.25, 0.3) is 0 Å². The number of hydrogen-bond donors (Lipinski definition) is 1. The maximum atomic E-state index is 10.8. The van der Waals surface area contributed by atoms with Crippen LogP contribution in [0.15, 0.2) is 0 Å². The van der Waals surface area contributed by atoms with Crippen LogP contribution in [0.1, 0.15) is 26.2 Å². The van der Waals surface area contributed by atoms with Gasteiger partial charge in [-0.25, -0.2) is 8.42 Å². The van der Waals surface area contributed by atoms with E-state index < -0.39 is 10.9 Å². The molecule has 13 heavy (non-hydrogen) atoms. The molecule has 1 rings (SSSR count). The van der Waals surface area contributed by atoms with Crippen molar-refractivity contribution in [2.45, 2.75) is 32.2 Å². The fourth-order valence-electron chi connectivity index (χ4n) is 1.53. The van der Waals surface area contributed by atoms with Crippen molar-refractivity contribution >= 4 is 10.9 Å². The summed E-state index contributed by atoms with van der Waals surface area (Å²) in [6.07, 6.45) is 3.08.